The van der Waals surface area contributed by atoms with Crippen molar-refractivity contribution >= 4 is 5.69 Å². The lowest BCUT2D eigenvalue weighted by Gasteiger charge is -2.27. The Morgan fingerprint density at radius 2 is 2.00 bits per heavy atom. The number of likely N-dealkylation sites (N-methyl/N-ethyl adjacent to an activating group) is 1. The lowest BCUT2D eigenvalue weighted by Crippen LogP contribution is -2.22. The summed E-state index contributed by atoms with van der Waals surface area (Å²) >= 11 is 0. The lowest BCUT2D eigenvalue weighted by atomic mass is 9.77. The molecule has 2 aliphatic rings. The first-order valence-electron chi connectivity index (χ1n) is 7.05. The number of rotatable bonds is 1. The van der Waals surface area contributed by atoms with Crippen molar-refractivity contribution < 1.29 is 0 Å². The van der Waals surface area contributed by atoms with Gasteiger partial charge in [-0.05, 0) is 42.5 Å². The van der Waals surface area contributed by atoms with Crippen LogP contribution in [0, 0.1) is 17.2 Å². The van der Waals surface area contributed by atoms with Crippen LogP contribution >= 0.6 is 0 Å². The largest absolute Gasteiger partial charge is 0.374 e. The van der Waals surface area contributed by atoms with Gasteiger partial charge in [0.25, 0.3) is 0 Å². The van der Waals surface area contributed by atoms with Crippen molar-refractivity contribution in [2.45, 2.75) is 38.0 Å². The van der Waals surface area contributed by atoms with Gasteiger partial charge >= 0.3 is 0 Å². The van der Waals surface area contributed by atoms with Gasteiger partial charge in [0.15, 0.2) is 0 Å². The number of nitrogens with zero attached hydrogens (tertiary/aromatic N) is 2. The zero-order chi connectivity index (χ0) is 12.5. The summed E-state index contributed by atoms with van der Waals surface area (Å²) in [6, 6.07) is 8.46. The first-order chi connectivity index (χ1) is 8.79. The molecule has 0 amide bonds. The maximum atomic E-state index is 9.07. The Morgan fingerprint density at radius 1 is 1.22 bits per heavy atom. The van der Waals surface area contributed by atoms with Crippen molar-refractivity contribution in [2.75, 3.05) is 18.5 Å². The summed E-state index contributed by atoms with van der Waals surface area (Å²) in [5.74, 6) is 1.48. The number of hydrogen-bond acceptors (Lipinski definition) is 2. The molecule has 1 saturated carbocycles. The van der Waals surface area contributed by atoms with E-state index in [1.807, 2.05) is 6.07 Å². The zero-order valence-electron chi connectivity index (χ0n) is 11.0. The summed E-state index contributed by atoms with van der Waals surface area (Å²) in [5, 5.41) is 9.07. The van der Waals surface area contributed by atoms with E-state index in [-0.39, 0.29) is 0 Å². The summed E-state index contributed by atoms with van der Waals surface area (Å²) in [4.78, 5) is 2.36. The predicted octanol–water partition coefficient (Wildman–Crippen LogP) is 3.67. The highest BCUT2D eigenvalue weighted by atomic mass is 15.1. The lowest BCUT2D eigenvalue weighted by molar-refractivity contribution is 0.313. The third-order valence-electron chi connectivity index (χ3n) is 4.66. The molecule has 1 aliphatic carbocycles. The smallest absolute Gasteiger partial charge is 0.0991 e. The first-order valence-corrected chi connectivity index (χ1v) is 7.05. The van der Waals surface area contributed by atoms with Crippen LogP contribution in [0.2, 0.25) is 0 Å². The van der Waals surface area contributed by atoms with Crippen LogP contribution in [0.5, 0.6) is 0 Å². The van der Waals surface area contributed by atoms with Gasteiger partial charge in [0, 0.05) is 25.2 Å². The van der Waals surface area contributed by atoms with Crippen molar-refractivity contribution in [3.05, 3.63) is 29.3 Å². The SMILES string of the molecule is CN1CC(C2CCCCC2)c2cc(C#N)ccc21. The normalized spacial score (nSPS) is 23.8. The van der Waals surface area contributed by atoms with Crippen LogP contribution < -0.4 is 4.90 Å². The molecule has 1 heterocycles. The summed E-state index contributed by atoms with van der Waals surface area (Å²) in [7, 11) is 2.17. The maximum Gasteiger partial charge on any atom is 0.0991 e. The molecule has 0 saturated heterocycles. The van der Waals surface area contributed by atoms with Gasteiger partial charge in [0.2, 0.25) is 0 Å². The van der Waals surface area contributed by atoms with Crippen LogP contribution in [0.1, 0.15) is 49.1 Å². The summed E-state index contributed by atoms with van der Waals surface area (Å²) in [5.41, 5.74) is 3.57. The minimum Gasteiger partial charge on any atom is -0.374 e. The Balaban J connectivity index is 1.93. The van der Waals surface area contributed by atoms with Crippen LogP contribution in [0.4, 0.5) is 5.69 Å². The standard InChI is InChI=1S/C16H20N2/c1-18-11-15(13-5-3-2-4-6-13)14-9-12(10-17)7-8-16(14)18/h7-9,13,15H,2-6,11H2,1H3. The third-order valence-corrected chi connectivity index (χ3v) is 4.66. The fraction of sp³-hybridized carbons (Fsp3) is 0.562. The maximum absolute atomic E-state index is 9.07. The molecule has 0 aromatic heterocycles. The molecule has 1 aliphatic heterocycles. The van der Waals surface area contributed by atoms with Gasteiger partial charge in [0.05, 0.1) is 11.6 Å². The summed E-state index contributed by atoms with van der Waals surface area (Å²) < 4.78 is 0. The Morgan fingerprint density at radius 3 is 2.72 bits per heavy atom. The minimum absolute atomic E-state index is 0.651. The van der Waals surface area contributed by atoms with Crippen molar-refractivity contribution in [3.63, 3.8) is 0 Å². The topological polar surface area (TPSA) is 27.0 Å². The van der Waals surface area contributed by atoms with Gasteiger partial charge in [-0.3, -0.25) is 0 Å². The highest BCUT2D eigenvalue weighted by Gasteiger charge is 2.33. The van der Waals surface area contributed by atoms with E-state index in [0.717, 1.165) is 18.0 Å². The van der Waals surface area contributed by atoms with Gasteiger partial charge in [-0.25, -0.2) is 0 Å². The highest BCUT2D eigenvalue weighted by molar-refractivity contribution is 5.62. The van der Waals surface area contributed by atoms with Crippen LogP contribution in [0.3, 0.4) is 0 Å². The van der Waals surface area contributed by atoms with Crippen LogP contribution in [-0.2, 0) is 0 Å². The van der Waals surface area contributed by atoms with Crippen molar-refractivity contribution in [1.82, 2.24) is 0 Å². The molecule has 1 aromatic rings. The number of hydrogen-bond donors (Lipinski definition) is 0. The molecule has 1 unspecified atom stereocenters. The second kappa shape index (κ2) is 4.65. The van der Waals surface area contributed by atoms with Crippen LogP contribution in [0.25, 0.3) is 0 Å². The predicted molar refractivity (Wildman–Crippen MR) is 73.7 cm³/mol. The average Bonchev–Trinajstić information content (AvgIpc) is 2.76. The van der Waals surface area contributed by atoms with Crippen molar-refractivity contribution in [3.8, 4) is 6.07 Å². The number of anilines is 1. The van der Waals surface area contributed by atoms with E-state index in [1.54, 1.807) is 0 Å². The molecular formula is C16H20N2. The molecule has 1 fully saturated rings. The molecule has 2 heteroatoms. The Kier molecular flexibility index (Phi) is 2.99. The molecule has 0 radical (unpaired) electrons. The third kappa shape index (κ3) is 1.88. The fourth-order valence-electron chi connectivity index (χ4n) is 3.70. The van der Waals surface area contributed by atoms with E-state index in [4.69, 9.17) is 5.26 Å². The van der Waals surface area contributed by atoms with E-state index in [0.29, 0.717) is 5.92 Å². The molecule has 3 rings (SSSR count). The number of fused-ring (bicyclic) bond motifs is 1. The van der Waals surface area contributed by atoms with E-state index < -0.39 is 0 Å². The van der Waals surface area contributed by atoms with E-state index in [1.165, 1.54) is 43.4 Å². The van der Waals surface area contributed by atoms with Gasteiger partial charge in [-0.2, -0.15) is 5.26 Å². The number of nitriles is 1. The second-order valence-corrected chi connectivity index (χ2v) is 5.77. The van der Waals surface area contributed by atoms with E-state index >= 15 is 0 Å². The molecule has 0 bridgehead atoms. The Labute approximate surface area is 109 Å². The molecule has 0 spiro atoms. The van der Waals surface area contributed by atoms with E-state index in [9.17, 15) is 0 Å². The zero-order valence-corrected chi connectivity index (χ0v) is 11.0. The molecule has 94 valence electrons. The van der Waals surface area contributed by atoms with Crippen LogP contribution in [0.15, 0.2) is 18.2 Å². The Bertz CT molecular complexity index is 480. The monoisotopic (exact) mass is 240 g/mol. The van der Waals surface area contributed by atoms with Gasteiger partial charge in [0.1, 0.15) is 0 Å². The fourth-order valence-corrected chi connectivity index (χ4v) is 3.70. The van der Waals surface area contributed by atoms with Gasteiger partial charge in [-0.15, -0.1) is 0 Å². The highest BCUT2D eigenvalue weighted by Crippen LogP contribution is 2.44. The molecule has 1 aromatic carbocycles. The second-order valence-electron chi connectivity index (χ2n) is 5.77. The van der Waals surface area contributed by atoms with Crippen molar-refractivity contribution in [1.29, 1.82) is 5.26 Å². The molecule has 0 N–H and O–H groups in total. The quantitative estimate of drug-likeness (QED) is 0.749. The number of benzene rings is 1. The van der Waals surface area contributed by atoms with Gasteiger partial charge in [-0.1, -0.05) is 19.3 Å². The average molecular weight is 240 g/mol. The summed E-state index contributed by atoms with van der Waals surface area (Å²) in [6.07, 6.45) is 6.92. The van der Waals surface area contributed by atoms with Crippen molar-refractivity contribution in [2.24, 2.45) is 5.92 Å². The van der Waals surface area contributed by atoms with Crippen LogP contribution in [-0.4, -0.2) is 13.6 Å². The first kappa shape index (κ1) is 11.6. The Hall–Kier alpha value is -1.49. The van der Waals surface area contributed by atoms with E-state index in [2.05, 4.69) is 30.1 Å². The minimum atomic E-state index is 0.651. The molecular weight excluding hydrogens is 220 g/mol. The summed E-state index contributed by atoms with van der Waals surface area (Å²) in [6.45, 7) is 1.13. The van der Waals surface area contributed by atoms with Gasteiger partial charge < -0.3 is 4.90 Å². The molecule has 1 atom stereocenters. The molecule has 18 heavy (non-hydrogen) atoms. The molecule has 2 nitrogen and oxygen atoms in total.